The number of hydrogen-bond acceptors (Lipinski definition) is 1. The Morgan fingerprint density at radius 3 is 2.43 bits per heavy atom. The van der Waals surface area contributed by atoms with Gasteiger partial charge in [-0.2, -0.15) is 0 Å². The molecule has 1 aromatic carbocycles. The molecular weight excluding hydrogens is 174 g/mol. The highest BCUT2D eigenvalue weighted by molar-refractivity contribution is 5.78. The van der Waals surface area contributed by atoms with Gasteiger partial charge in [-0.25, -0.2) is 0 Å². The smallest absolute Gasteiger partial charge is 0.191 e. The van der Waals surface area contributed by atoms with Crippen molar-refractivity contribution >= 4 is 5.96 Å². The minimum absolute atomic E-state index is 0.656. The average molecular weight is 189 g/mol. The minimum atomic E-state index is 0.656. The van der Waals surface area contributed by atoms with Gasteiger partial charge in [0.05, 0.1) is 0 Å². The van der Waals surface area contributed by atoms with Crippen LogP contribution in [0.3, 0.4) is 0 Å². The van der Waals surface area contributed by atoms with Crippen LogP contribution in [0.25, 0.3) is 0 Å². The van der Waals surface area contributed by atoms with E-state index >= 15 is 0 Å². The van der Waals surface area contributed by atoms with E-state index in [0.717, 1.165) is 19.6 Å². The van der Waals surface area contributed by atoms with Crippen LogP contribution in [0, 0.1) is 0 Å². The van der Waals surface area contributed by atoms with Crippen LogP contribution >= 0.6 is 0 Å². The zero-order valence-electron chi connectivity index (χ0n) is 8.40. The Morgan fingerprint density at radius 1 is 1.36 bits per heavy atom. The molecule has 2 N–H and O–H groups in total. The maximum Gasteiger partial charge on any atom is 0.191 e. The third-order valence-corrected chi connectivity index (χ3v) is 2.48. The van der Waals surface area contributed by atoms with E-state index in [0.29, 0.717) is 5.96 Å². The Labute approximate surface area is 84.2 Å². The molecule has 2 rings (SSSR count). The number of nitrogens with two attached hydrogens (primary N) is 1. The lowest BCUT2D eigenvalue weighted by atomic mass is 10.1. The molecule has 3 nitrogen and oxygen atoms in total. The monoisotopic (exact) mass is 189 g/mol. The molecule has 0 amide bonds. The lowest BCUT2D eigenvalue weighted by molar-refractivity contribution is 0.440. The maximum absolute atomic E-state index is 5.84. The molecule has 74 valence electrons. The lowest BCUT2D eigenvalue weighted by Crippen LogP contribution is -2.33. The SMILES string of the molecule is CCN=C(N)N1Cc2ccccc2C1. The Bertz CT molecular complexity index is 332. The van der Waals surface area contributed by atoms with Crippen LogP contribution in [0.15, 0.2) is 29.3 Å². The molecule has 1 aliphatic heterocycles. The van der Waals surface area contributed by atoms with E-state index in [4.69, 9.17) is 5.73 Å². The molecule has 0 aliphatic carbocycles. The number of nitrogens with zero attached hydrogens (tertiary/aromatic N) is 2. The fourth-order valence-corrected chi connectivity index (χ4v) is 1.76. The molecule has 0 unspecified atom stereocenters. The summed E-state index contributed by atoms with van der Waals surface area (Å²) in [5.74, 6) is 0.656. The summed E-state index contributed by atoms with van der Waals surface area (Å²) in [6.45, 7) is 4.53. The maximum atomic E-state index is 5.84. The number of rotatable bonds is 1. The highest BCUT2D eigenvalue weighted by Gasteiger charge is 2.18. The first kappa shape index (κ1) is 9.06. The largest absolute Gasteiger partial charge is 0.370 e. The van der Waals surface area contributed by atoms with Crippen molar-refractivity contribution in [2.75, 3.05) is 6.54 Å². The molecular formula is C11H15N3. The molecule has 0 saturated carbocycles. The van der Waals surface area contributed by atoms with Gasteiger partial charge in [0.25, 0.3) is 0 Å². The van der Waals surface area contributed by atoms with Gasteiger partial charge in [-0.15, -0.1) is 0 Å². The summed E-state index contributed by atoms with van der Waals surface area (Å²) >= 11 is 0. The average Bonchev–Trinajstić information content (AvgIpc) is 2.61. The second kappa shape index (κ2) is 3.70. The first-order valence-electron chi connectivity index (χ1n) is 4.93. The van der Waals surface area contributed by atoms with Gasteiger partial charge in [-0.3, -0.25) is 4.99 Å². The minimum Gasteiger partial charge on any atom is -0.370 e. The Morgan fingerprint density at radius 2 is 1.93 bits per heavy atom. The van der Waals surface area contributed by atoms with Crippen LogP contribution in [0.1, 0.15) is 18.1 Å². The van der Waals surface area contributed by atoms with Crippen LogP contribution in [-0.2, 0) is 13.1 Å². The van der Waals surface area contributed by atoms with Crippen LogP contribution in [-0.4, -0.2) is 17.4 Å². The predicted octanol–water partition coefficient (Wildman–Crippen LogP) is 1.34. The van der Waals surface area contributed by atoms with Gasteiger partial charge in [-0.05, 0) is 18.1 Å². The molecule has 0 radical (unpaired) electrons. The molecule has 0 bridgehead atoms. The van der Waals surface area contributed by atoms with Gasteiger partial charge in [0.15, 0.2) is 5.96 Å². The number of aliphatic imine (C=N–C) groups is 1. The van der Waals surface area contributed by atoms with Gasteiger partial charge in [0.1, 0.15) is 0 Å². The molecule has 0 fully saturated rings. The van der Waals surface area contributed by atoms with E-state index < -0.39 is 0 Å². The molecule has 14 heavy (non-hydrogen) atoms. The molecule has 1 heterocycles. The van der Waals surface area contributed by atoms with Crippen LogP contribution in [0.5, 0.6) is 0 Å². The van der Waals surface area contributed by atoms with E-state index in [9.17, 15) is 0 Å². The quantitative estimate of drug-likeness (QED) is 0.535. The summed E-state index contributed by atoms with van der Waals surface area (Å²) in [5, 5.41) is 0. The van der Waals surface area contributed by atoms with Crippen molar-refractivity contribution in [3.8, 4) is 0 Å². The van der Waals surface area contributed by atoms with E-state index in [-0.39, 0.29) is 0 Å². The Kier molecular flexibility index (Phi) is 2.39. The molecule has 3 heteroatoms. The topological polar surface area (TPSA) is 41.6 Å². The van der Waals surface area contributed by atoms with Crippen molar-refractivity contribution in [2.45, 2.75) is 20.0 Å². The number of hydrogen-bond donors (Lipinski definition) is 1. The van der Waals surface area contributed by atoms with Crippen LogP contribution in [0.2, 0.25) is 0 Å². The Hall–Kier alpha value is -1.51. The molecule has 1 aromatic rings. The number of fused-ring (bicyclic) bond motifs is 1. The third kappa shape index (κ3) is 1.58. The van der Waals surface area contributed by atoms with Gasteiger partial charge in [0, 0.05) is 19.6 Å². The third-order valence-electron chi connectivity index (χ3n) is 2.48. The van der Waals surface area contributed by atoms with Gasteiger partial charge in [0.2, 0.25) is 0 Å². The second-order valence-corrected chi connectivity index (χ2v) is 3.46. The summed E-state index contributed by atoms with van der Waals surface area (Å²) in [7, 11) is 0. The fourth-order valence-electron chi connectivity index (χ4n) is 1.76. The predicted molar refractivity (Wildman–Crippen MR) is 57.9 cm³/mol. The van der Waals surface area contributed by atoms with E-state index in [1.165, 1.54) is 11.1 Å². The van der Waals surface area contributed by atoms with Crippen molar-refractivity contribution in [2.24, 2.45) is 10.7 Å². The van der Waals surface area contributed by atoms with Crippen molar-refractivity contribution in [1.82, 2.24) is 4.90 Å². The van der Waals surface area contributed by atoms with Crippen LogP contribution in [0.4, 0.5) is 0 Å². The van der Waals surface area contributed by atoms with Gasteiger partial charge >= 0.3 is 0 Å². The lowest BCUT2D eigenvalue weighted by Gasteiger charge is -2.15. The molecule has 0 atom stereocenters. The molecule has 0 spiro atoms. The highest BCUT2D eigenvalue weighted by atomic mass is 15.3. The normalized spacial score (nSPS) is 15.8. The number of benzene rings is 1. The van der Waals surface area contributed by atoms with E-state index in [2.05, 4.69) is 34.2 Å². The highest BCUT2D eigenvalue weighted by Crippen LogP contribution is 2.21. The zero-order chi connectivity index (χ0) is 9.97. The Balaban J connectivity index is 2.15. The zero-order valence-corrected chi connectivity index (χ0v) is 8.40. The molecule has 1 aliphatic rings. The van der Waals surface area contributed by atoms with Crippen LogP contribution < -0.4 is 5.73 Å². The van der Waals surface area contributed by atoms with Gasteiger partial charge < -0.3 is 10.6 Å². The number of guanidine groups is 1. The first-order chi connectivity index (χ1) is 6.81. The van der Waals surface area contributed by atoms with E-state index in [1.807, 2.05) is 6.92 Å². The van der Waals surface area contributed by atoms with Crippen molar-refractivity contribution in [3.05, 3.63) is 35.4 Å². The molecule has 0 aromatic heterocycles. The molecule has 0 saturated heterocycles. The summed E-state index contributed by atoms with van der Waals surface area (Å²) in [4.78, 5) is 6.32. The van der Waals surface area contributed by atoms with Crippen molar-refractivity contribution in [1.29, 1.82) is 0 Å². The second-order valence-electron chi connectivity index (χ2n) is 3.46. The summed E-state index contributed by atoms with van der Waals surface area (Å²) in [6.07, 6.45) is 0. The summed E-state index contributed by atoms with van der Waals surface area (Å²) in [5.41, 5.74) is 8.57. The van der Waals surface area contributed by atoms with Crippen molar-refractivity contribution < 1.29 is 0 Å². The van der Waals surface area contributed by atoms with Crippen molar-refractivity contribution in [3.63, 3.8) is 0 Å². The fraction of sp³-hybridized carbons (Fsp3) is 0.364. The summed E-state index contributed by atoms with van der Waals surface area (Å²) in [6, 6.07) is 8.42. The van der Waals surface area contributed by atoms with Gasteiger partial charge in [-0.1, -0.05) is 24.3 Å². The van der Waals surface area contributed by atoms with E-state index in [1.54, 1.807) is 0 Å². The standard InChI is InChI=1S/C11H15N3/c1-2-13-11(12)14-7-9-5-3-4-6-10(9)8-14/h3-6H,2,7-8H2,1H3,(H2,12,13). The first-order valence-corrected chi connectivity index (χ1v) is 4.93. The summed E-state index contributed by atoms with van der Waals surface area (Å²) < 4.78 is 0.